The van der Waals surface area contributed by atoms with Gasteiger partial charge in [0.1, 0.15) is 5.82 Å². The molecular weight excluding hydrogens is 293 g/mol. The second-order valence-electron chi connectivity index (χ2n) is 4.49. The Morgan fingerprint density at radius 1 is 1.10 bits per heavy atom. The number of halogens is 2. The van der Waals surface area contributed by atoms with Crippen LogP contribution in [0.4, 0.5) is 4.39 Å². The van der Waals surface area contributed by atoms with E-state index in [1.165, 1.54) is 5.56 Å². The van der Waals surface area contributed by atoms with Crippen molar-refractivity contribution in [2.45, 2.75) is 24.1 Å². The molecule has 2 aromatic carbocycles. The molecule has 0 unspecified atom stereocenters. The highest BCUT2D eigenvalue weighted by Gasteiger charge is 2.02. The van der Waals surface area contributed by atoms with E-state index in [1.54, 1.807) is 23.9 Å². The summed E-state index contributed by atoms with van der Waals surface area (Å²) in [7, 11) is 0. The minimum Gasteiger partial charge on any atom is -0.313 e. The normalized spacial score (nSPS) is 10.8. The predicted octanol–water partition coefficient (Wildman–Crippen LogP) is 4.88. The molecule has 0 saturated heterocycles. The van der Waals surface area contributed by atoms with Gasteiger partial charge in [0.05, 0.1) is 0 Å². The minimum absolute atomic E-state index is 0.181. The summed E-state index contributed by atoms with van der Waals surface area (Å²) >= 11 is 7.49. The molecule has 2 rings (SSSR count). The highest BCUT2D eigenvalue weighted by Crippen LogP contribution is 2.25. The number of thioether (sulfide) groups is 1. The van der Waals surface area contributed by atoms with Gasteiger partial charge in [-0.25, -0.2) is 4.39 Å². The maximum atomic E-state index is 13.6. The van der Waals surface area contributed by atoms with Crippen molar-refractivity contribution in [3.63, 3.8) is 0 Å². The van der Waals surface area contributed by atoms with Crippen molar-refractivity contribution >= 4 is 23.4 Å². The molecule has 20 heavy (non-hydrogen) atoms. The van der Waals surface area contributed by atoms with Crippen molar-refractivity contribution in [3.05, 3.63) is 64.4 Å². The van der Waals surface area contributed by atoms with Crippen LogP contribution in [0, 0.1) is 5.82 Å². The van der Waals surface area contributed by atoms with E-state index < -0.39 is 0 Å². The van der Waals surface area contributed by atoms with Gasteiger partial charge in [-0.1, -0.05) is 30.7 Å². The molecule has 0 aliphatic carbocycles. The third kappa shape index (κ3) is 4.82. The second kappa shape index (κ2) is 7.67. The van der Waals surface area contributed by atoms with E-state index >= 15 is 0 Å². The lowest BCUT2D eigenvalue weighted by Crippen LogP contribution is -2.11. The monoisotopic (exact) mass is 309 g/mol. The summed E-state index contributed by atoms with van der Waals surface area (Å²) in [4.78, 5) is 0.952. The van der Waals surface area contributed by atoms with Crippen LogP contribution < -0.4 is 5.32 Å². The lowest BCUT2D eigenvalue weighted by Gasteiger charge is -2.07. The highest BCUT2D eigenvalue weighted by atomic mass is 35.5. The third-order valence-corrected chi connectivity index (χ3v) is 4.13. The Labute approximate surface area is 128 Å². The molecule has 0 radical (unpaired) electrons. The first-order chi connectivity index (χ1) is 9.67. The Bertz CT molecular complexity index is 557. The zero-order chi connectivity index (χ0) is 14.4. The highest BCUT2D eigenvalue weighted by molar-refractivity contribution is 7.98. The van der Waals surface area contributed by atoms with E-state index in [4.69, 9.17) is 11.6 Å². The molecule has 0 fully saturated rings. The quantitative estimate of drug-likeness (QED) is 0.763. The summed E-state index contributed by atoms with van der Waals surface area (Å²) in [6.45, 7) is 3.61. The molecule has 0 aliphatic rings. The lowest BCUT2D eigenvalue weighted by atomic mass is 10.2. The average molecular weight is 310 g/mol. The van der Waals surface area contributed by atoms with Crippen LogP contribution in [0.5, 0.6) is 0 Å². The van der Waals surface area contributed by atoms with Crippen LogP contribution in [-0.2, 0) is 12.3 Å². The van der Waals surface area contributed by atoms with Crippen LogP contribution in [0.3, 0.4) is 0 Å². The average Bonchev–Trinajstić information content (AvgIpc) is 2.44. The Balaban J connectivity index is 2.01. The minimum atomic E-state index is -0.181. The summed E-state index contributed by atoms with van der Waals surface area (Å²) in [5.41, 5.74) is 2.15. The van der Waals surface area contributed by atoms with E-state index in [9.17, 15) is 4.39 Å². The topological polar surface area (TPSA) is 12.0 Å². The van der Waals surface area contributed by atoms with Crippen LogP contribution in [0.2, 0.25) is 5.02 Å². The number of rotatable bonds is 6. The van der Waals surface area contributed by atoms with Gasteiger partial charge in [0, 0.05) is 22.2 Å². The second-order valence-corrected chi connectivity index (χ2v) is 5.98. The zero-order valence-corrected chi connectivity index (χ0v) is 12.9. The van der Waals surface area contributed by atoms with E-state index in [2.05, 4.69) is 5.32 Å². The summed E-state index contributed by atoms with van der Waals surface area (Å²) in [5.74, 6) is 0.625. The van der Waals surface area contributed by atoms with Crippen LogP contribution in [-0.4, -0.2) is 6.54 Å². The molecule has 0 saturated carbocycles. The van der Waals surface area contributed by atoms with Crippen molar-refractivity contribution in [2.75, 3.05) is 6.54 Å². The SMILES string of the molecule is CCNCc1cc(F)cc(SCc2ccc(Cl)cc2)c1. The Morgan fingerprint density at radius 2 is 1.85 bits per heavy atom. The van der Waals surface area contributed by atoms with Gasteiger partial charge in [-0.3, -0.25) is 0 Å². The molecule has 0 amide bonds. The fraction of sp³-hybridized carbons (Fsp3) is 0.250. The van der Waals surface area contributed by atoms with Gasteiger partial charge in [0.15, 0.2) is 0 Å². The fourth-order valence-electron chi connectivity index (χ4n) is 1.82. The standard InChI is InChI=1S/C16H17ClFNS/c1-2-19-10-13-7-15(18)9-16(8-13)20-11-12-3-5-14(17)6-4-12/h3-9,19H,2,10-11H2,1H3. The fourth-order valence-corrected chi connectivity index (χ4v) is 2.91. The van der Waals surface area contributed by atoms with Crippen molar-refractivity contribution in [1.29, 1.82) is 0 Å². The Hall–Kier alpha value is -1.03. The molecule has 0 aromatic heterocycles. The van der Waals surface area contributed by atoms with Crippen molar-refractivity contribution in [1.82, 2.24) is 5.32 Å². The van der Waals surface area contributed by atoms with Crippen LogP contribution in [0.15, 0.2) is 47.4 Å². The zero-order valence-electron chi connectivity index (χ0n) is 11.3. The van der Waals surface area contributed by atoms with Crippen molar-refractivity contribution in [3.8, 4) is 0 Å². The van der Waals surface area contributed by atoms with Crippen LogP contribution in [0.25, 0.3) is 0 Å². The van der Waals surface area contributed by atoms with Gasteiger partial charge in [0.2, 0.25) is 0 Å². The summed E-state index contributed by atoms with van der Waals surface area (Å²) in [5, 5.41) is 3.94. The van der Waals surface area contributed by atoms with E-state index in [1.807, 2.05) is 37.3 Å². The number of nitrogens with one attached hydrogen (secondary N) is 1. The van der Waals surface area contributed by atoms with E-state index in [-0.39, 0.29) is 5.82 Å². The van der Waals surface area contributed by atoms with Gasteiger partial charge in [-0.05, 0) is 48.0 Å². The molecule has 1 N–H and O–H groups in total. The first kappa shape index (κ1) is 15.4. The Kier molecular flexibility index (Phi) is 5.89. The first-order valence-electron chi connectivity index (χ1n) is 6.55. The molecule has 0 spiro atoms. The van der Waals surface area contributed by atoms with Crippen molar-refractivity contribution in [2.24, 2.45) is 0 Å². The molecule has 2 aromatic rings. The molecule has 106 valence electrons. The molecule has 0 bridgehead atoms. The van der Waals surface area contributed by atoms with E-state index in [0.717, 1.165) is 27.8 Å². The molecular formula is C16H17ClFNS. The molecule has 0 heterocycles. The number of hydrogen-bond donors (Lipinski definition) is 1. The molecule has 0 aliphatic heterocycles. The van der Waals surface area contributed by atoms with Gasteiger partial charge in [-0.15, -0.1) is 11.8 Å². The van der Waals surface area contributed by atoms with Gasteiger partial charge < -0.3 is 5.32 Å². The predicted molar refractivity (Wildman–Crippen MR) is 84.8 cm³/mol. The van der Waals surface area contributed by atoms with Gasteiger partial charge >= 0.3 is 0 Å². The summed E-state index contributed by atoms with van der Waals surface area (Å²) in [6.07, 6.45) is 0. The van der Waals surface area contributed by atoms with Gasteiger partial charge in [0.25, 0.3) is 0 Å². The summed E-state index contributed by atoms with van der Waals surface area (Å²) < 4.78 is 13.6. The maximum Gasteiger partial charge on any atom is 0.124 e. The lowest BCUT2D eigenvalue weighted by molar-refractivity contribution is 0.617. The first-order valence-corrected chi connectivity index (χ1v) is 7.91. The molecule has 0 atom stereocenters. The van der Waals surface area contributed by atoms with Crippen molar-refractivity contribution < 1.29 is 4.39 Å². The van der Waals surface area contributed by atoms with Gasteiger partial charge in [-0.2, -0.15) is 0 Å². The molecule has 4 heteroatoms. The van der Waals surface area contributed by atoms with Crippen LogP contribution >= 0.6 is 23.4 Å². The van der Waals surface area contributed by atoms with Crippen LogP contribution in [0.1, 0.15) is 18.1 Å². The Morgan fingerprint density at radius 3 is 2.55 bits per heavy atom. The largest absolute Gasteiger partial charge is 0.313 e. The number of hydrogen-bond acceptors (Lipinski definition) is 2. The smallest absolute Gasteiger partial charge is 0.124 e. The van der Waals surface area contributed by atoms with E-state index in [0.29, 0.717) is 6.54 Å². The third-order valence-electron chi connectivity index (χ3n) is 2.83. The maximum absolute atomic E-state index is 13.6. The molecule has 1 nitrogen and oxygen atoms in total. The number of benzene rings is 2. The summed E-state index contributed by atoms with van der Waals surface area (Å²) in [6, 6.07) is 12.9.